The third kappa shape index (κ3) is 4.74. The van der Waals surface area contributed by atoms with Crippen molar-refractivity contribution in [2.24, 2.45) is 0 Å². The Bertz CT molecular complexity index is 795. The van der Waals surface area contributed by atoms with E-state index in [1.807, 2.05) is 24.3 Å². The lowest BCUT2D eigenvalue weighted by molar-refractivity contribution is 0.0340. The SMILES string of the molecule is O=C(NCc1ccccc1CN1CCOCC1)c1cc(F)c(Cl)cc1Cl. The lowest BCUT2D eigenvalue weighted by Gasteiger charge is -2.27. The maximum atomic E-state index is 13.6. The molecular formula is C19H19Cl2FN2O2. The monoisotopic (exact) mass is 396 g/mol. The molecule has 0 saturated carbocycles. The molecule has 7 heteroatoms. The molecule has 2 aromatic rings. The molecule has 0 aromatic heterocycles. The zero-order valence-electron chi connectivity index (χ0n) is 14.1. The van der Waals surface area contributed by atoms with Gasteiger partial charge in [-0.1, -0.05) is 47.5 Å². The highest BCUT2D eigenvalue weighted by Gasteiger charge is 2.16. The molecule has 1 aliphatic rings. The van der Waals surface area contributed by atoms with Gasteiger partial charge in [-0.2, -0.15) is 0 Å². The van der Waals surface area contributed by atoms with Crippen LogP contribution < -0.4 is 5.32 Å². The molecule has 0 spiro atoms. The summed E-state index contributed by atoms with van der Waals surface area (Å²) in [7, 11) is 0. The zero-order chi connectivity index (χ0) is 18.5. The minimum absolute atomic E-state index is 0.0687. The molecule has 1 saturated heterocycles. The third-order valence-corrected chi connectivity index (χ3v) is 4.91. The number of hydrogen-bond donors (Lipinski definition) is 1. The Labute approximate surface area is 161 Å². The van der Waals surface area contributed by atoms with E-state index < -0.39 is 11.7 Å². The molecule has 138 valence electrons. The Morgan fingerprint density at radius 1 is 1.12 bits per heavy atom. The molecule has 1 fully saturated rings. The fourth-order valence-electron chi connectivity index (χ4n) is 2.85. The molecule has 26 heavy (non-hydrogen) atoms. The summed E-state index contributed by atoms with van der Waals surface area (Å²) in [5.41, 5.74) is 2.22. The summed E-state index contributed by atoms with van der Waals surface area (Å²) >= 11 is 11.7. The van der Waals surface area contributed by atoms with Crippen LogP contribution in [0.5, 0.6) is 0 Å². The maximum Gasteiger partial charge on any atom is 0.253 e. The van der Waals surface area contributed by atoms with Crippen LogP contribution in [0.1, 0.15) is 21.5 Å². The van der Waals surface area contributed by atoms with Crippen molar-refractivity contribution in [1.29, 1.82) is 0 Å². The van der Waals surface area contributed by atoms with Gasteiger partial charge >= 0.3 is 0 Å². The number of halogens is 3. The molecule has 0 aliphatic carbocycles. The van der Waals surface area contributed by atoms with Crippen molar-refractivity contribution in [1.82, 2.24) is 10.2 Å². The first-order valence-corrected chi connectivity index (χ1v) is 9.10. The van der Waals surface area contributed by atoms with E-state index in [-0.39, 0.29) is 15.6 Å². The molecule has 0 radical (unpaired) electrons. The van der Waals surface area contributed by atoms with Crippen LogP contribution >= 0.6 is 23.2 Å². The first-order valence-electron chi connectivity index (χ1n) is 8.34. The Morgan fingerprint density at radius 3 is 2.54 bits per heavy atom. The van der Waals surface area contributed by atoms with Crippen LogP contribution in [0.3, 0.4) is 0 Å². The number of ether oxygens (including phenoxy) is 1. The lowest BCUT2D eigenvalue weighted by Crippen LogP contribution is -2.36. The molecule has 1 heterocycles. The molecule has 1 N–H and O–H groups in total. The van der Waals surface area contributed by atoms with Gasteiger partial charge in [0.05, 0.1) is 28.8 Å². The number of hydrogen-bond acceptors (Lipinski definition) is 3. The second-order valence-corrected chi connectivity index (χ2v) is 6.90. The minimum Gasteiger partial charge on any atom is -0.379 e. The van der Waals surface area contributed by atoms with Gasteiger partial charge in [0.15, 0.2) is 0 Å². The molecule has 1 amide bonds. The summed E-state index contributed by atoms with van der Waals surface area (Å²) < 4.78 is 19.0. The molecular weight excluding hydrogens is 378 g/mol. The summed E-state index contributed by atoms with van der Waals surface area (Å²) in [5.74, 6) is -1.11. The van der Waals surface area contributed by atoms with Crippen LogP contribution in [0, 0.1) is 5.82 Å². The summed E-state index contributed by atoms with van der Waals surface area (Å²) in [4.78, 5) is 14.7. The van der Waals surface area contributed by atoms with E-state index >= 15 is 0 Å². The van der Waals surface area contributed by atoms with Crippen LogP contribution in [-0.2, 0) is 17.8 Å². The van der Waals surface area contributed by atoms with Crippen LogP contribution in [-0.4, -0.2) is 37.1 Å². The number of carbonyl (C=O) groups excluding carboxylic acids is 1. The Balaban J connectivity index is 1.68. The second-order valence-electron chi connectivity index (χ2n) is 6.09. The van der Waals surface area contributed by atoms with Crippen molar-refractivity contribution in [3.63, 3.8) is 0 Å². The van der Waals surface area contributed by atoms with Gasteiger partial charge in [-0.15, -0.1) is 0 Å². The van der Waals surface area contributed by atoms with E-state index in [0.29, 0.717) is 6.54 Å². The van der Waals surface area contributed by atoms with Gasteiger partial charge in [-0.3, -0.25) is 9.69 Å². The van der Waals surface area contributed by atoms with Crippen molar-refractivity contribution in [2.45, 2.75) is 13.1 Å². The minimum atomic E-state index is -0.672. The smallest absolute Gasteiger partial charge is 0.253 e. The molecule has 2 aromatic carbocycles. The number of amides is 1. The first-order chi connectivity index (χ1) is 12.5. The normalized spacial score (nSPS) is 15.0. The predicted octanol–water partition coefficient (Wildman–Crippen LogP) is 3.89. The predicted molar refractivity (Wildman–Crippen MR) is 100 cm³/mol. The van der Waals surface area contributed by atoms with Crippen molar-refractivity contribution < 1.29 is 13.9 Å². The molecule has 0 unspecified atom stereocenters. The quantitative estimate of drug-likeness (QED) is 0.779. The third-order valence-electron chi connectivity index (χ3n) is 4.31. The van der Waals surface area contributed by atoms with Crippen LogP contribution in [0.4, 0.5) is 4.39 Å². The molecule has 0 bridgehead atoms. The van der Waals surface area contributed by atoms with Crippen molar-refractivity contribution in [2.75, 3.05) is 26.3 Å². The van der Waals surface area contributed by atoms with Gasteiger partial charge < -0.3 is 10.1 Å². The van der Waals surface area contributed by atoms with E-state index in [4.69, 9.17) is 27.9 Å². The molecule has 4 nitrogen and oxygen atoms in total. The van der Waals surface area contributed by atoms with Crippen molar-refractivity contribution >= 4 is 29.1 Å². The maximum absolute atomic E-state index is 13.6. The highest BCUT2D eigenvalue weighted by molar-refractivity contribution is 6.36. The number of benzene rings is 2. The second kappa shape index (κ2) is 8.82. The molecule has 3 rings (SSSR count). The number of rotatable bonds is 5. The van der Waals surface area contributed by atoms with Gasteiger partial charge in [0.25, 0.3) is 5.91 Å². The average molecular weight is 397 g/mol. The summed E-state index contributed by atoms with van der Waals surface area (Å²) in [5, 5.41) is 2.82. The Hall–Kier alpha value is -1.66. The van der Waals surface area contributed by atoms with E-state index in [1.165, 1.54) is 6.07 Å². The average Bonchev–Trinajstić information content (AvgIpc) is 2.64. The van der Waals surface area contributed by atoms with Crippen LogP contribution in [0.15, 0.2) is 36.4 Å². The Kier molecular flexibility index (Phi) is 6.48. The van der Waals surface area contributed by atoms with Crippen molar-refractivity contribution in [3.8, 4) is 0 Å². The van der Waals surface area contributed by atoms with Gasteiger partial charge in [0.1, 0.15) is 5.82 Å². The summed E-state index contributed by atoms with van der Waals surface area (Å²) in [6.07, 6.45) is 0. The van der Waals surface area contributed by atoms with Gasteiger partial charge in [0.2, 0.25) is 0 Å². The van der Waals surface area contributed by atoms with Crippen LogP contribution in [0.25, 0.3) is 0 Å². The fourth-order valence-corrected chi connectivity index (χ4v) is 3.32. The fraction of sp³-hybridized carbons (Fsp3) is 0.316. The zero-order valence-corrected chi connectivity index (χ0v) is 15.6. The number of nitrogens with one attached hydrogen (secondary N) is 1. The van der Waals surface area contributed by atoms with Gasteiger partial charge in [-0.05, 0) is 23.3 Å². The summed E-state index contributed by atoms with van der Waals surface area (Å²) in [6, 6.07) is 10.2. The molecule has 0 atom stereocenters. The number of carbonyl (C=O) groups is 1. The van der Waals surface area contributed by atoms with Crippen LogP contribution in [0.2, 0.25) is 10.0 Å². The highest BCUT2D eigenvalue weighted by atomic mass is 35.5. The van der Waals surface area contributed by atoms with E-state index in [9.17, 15) is 9.18 Å². The van der Waals surface area contributed by atoms with Crippen molar-refractivity contribution in [3.05, 3.63) is 69.0 Å². The number of nitrogens with zero attached hydrogens (tertiary/aromatic N) is 1. The summed E-state index contributed by atoms with van der Waals surface area (Å²) in [6.45, 7) is 4.38. The van der Waals surface area contributed by atoms with E-state index in [2.05, 4.69) is 10.2 Å². The lowest BCUT2D eigenvalue weighted by atomic mass is 10.1. The standard InChI is InChI=1S/C19H19Cl2FN2O2/c20-16-10-17(21)18(22)9-15(16)19(25)23-11-13-3-1-2-4-14(13)12-24-5-7-26-8-6-24/h1-4,9-10H,5-8,11-12H2,(H,23,25). The topological polar surface area (TPSA) is 41.6 Å². The van der Waals surface area contributed by atoms with Gasteiger partial charge in [-0.25, -0.2) is 4.39 Å². The Morgan fingerprint density at radius 2 is 1.81 bits per heavy atom. The highest BCUT2D eigenvalue weighted by Crippen LogP contribution is 2.24. The first kappa shape index (κ1) is 19.1. The van der Waals surface area contributed by atoms with E-state index in [0.717, 1.165) is 50.0 Å². The number of morpholine rings is 1. The largest absolute Gasteiger partial charge is 0.379 e. The van der Waals surface area contributed by atoms with E-state index in [1.54, 1.807) is 0 Å². The van der Waals surface area contributed by atoms with Gasteiger partial charge in [0, 0.05) is 26.2 Å². The molecule has 1 aliphatic heterocycles.